The summed E-state index contributed by atoms with van der Waals surface area (Å²) in [5.41, 5.74) is 0. The summed E-state index contributed by atoms with van der Waals surface area (Å²) in [5.74, 6) is 1.79. The lowest BCUT2D eigenvalue weighted by Gasteiger charge is -2.24. The summed E-state index contributed by atoms with van der Waals surface area (Å²) >= 11 is 5.90. The minimum absolute atomic E-state index is 0.236. The highest BCUT2D eigenvalue weighted by atomic mass is 35.5. The number of nitrogens with zero attached hydrogens (tertiary/aromatic N) is 4. The lowest BCUT2D eigenvalue weighted by atomic mass is 10.2. The number of halogens is 1. The third kappa shape index (κ3) is 3.09. The van der Waals surface area contributed by atoms with E-state index in [0.29, 0.717) is 11.6 Å². The van der Waals surface area contributed by atoms with E-state index in [2.05, 4.69) is 14.8 Å². The maximum Gasteiger partial charge on any atom is 0.243 e. The minimum Gasteiger partial charge on any atom is -0.314 e. The van der Waals surface area contributed by atoms with Gasteiger partial charge in [-0.3, -0.25) is 0 Å². The standard InChI is InChI=1S/C17H21ClN4O2S/c18-13-7-9-14(10-8-13)25(23,24)22-12-4-5-15(22)17-20-19-16-6-2-1-3-11-21(16)17/h7-10,15H,1-6,11-12H2. The van der Waals surface area contributed by atoms with E-state index in [-0.39, 0.29) is 10.9 Å². The number of hydrogen-bond donors (Lipinski definition) is 0. The van der Waals surface area contributed by atoms with Crippen molar-refractivity contribution in [3.63, 3.8) is 0 Å². The van der Waals surface area contributed by atoms with Crippen molar-refractivity contribution in [2.75, 3.05) is 6.54 Å². The van der Waals surface area contributed by atoms with Gasteiger partial charge in [-0.2, -0.15) is 4.31 Å². The molecular weight excluding hydrogens is 360 g/mol. The van der Waals surface area contributed by atoms with Crippen LogP contribution in [0.3, 0.4) is 0 Å². The van der Waals surface area contributed by atoms with Gasteiger partial charge >= 0.3 is 0 Å². The van der Waals surface area contributed by atoms with E-state index in [9.17, 15) is 8.42 Å². The molecule has 0 bridgehead atoms. The highest BCUT2D eigenvalue weighted by molar-refractivity contribution is 7.89. The molecule has 0 N–H and O–H groups in total. The Balaban J connectivity index is 1.69. The monoisotopic (exact) mass is 380 g/mol. The molecule has 0 spiro atoms. The van der Waals surface area contributed by atoms with Crippen LogP contribution in [0.25, 0.3) is 0 Å². The predicted molar refractivity (Wildman–Crippen MR) is 94.9 cm³/mol. The van der Waals surface area contributed by atoms with Crippen LogP contribution in [0.4, 0.5) is 0 Å². The molecule has 2 aliphatic heterocycles. The van der Waals surface area contributed by atoms with Crippen molar-refractivity contribution < 1.29 is 8.42 Å². The molecule has 4 rings (SSSR count). The van der Waals surface area contributed by atoms with E-state index < -0.39 is 10.0 Å². The summed E-state index contributed by atoms with van der Waals surface area (Å²) in [5, 5.41) is 9.24. The maximum atomic E-state index is 13.1. The normalized spacial score (nSPS) is 21.9. The number of aryl methyl sites for hydroxylation is 1. The zero-order valence-corrected chi connectivity index (χ0v) is 15.5. The molecule has 1 fully saturated rings. The largest absolute Gasteiger partial charge is 0.314 e. The Morgan fingerprint density at radius 1 is 1.00 bits per heavy atom. The average molecular weight is 381 g/mol. The van der Waals surface area contributed by atoms with E-state index >= 15 is 0 Å². The van der Waals surface area contributed by atoms with Crippen molar-refractivity contribution in [1.29, 1.82) is 0 Å². The number of benzene rings is 1. The van der Waals surface area contributed by atoms with Crippen molar-refractivity contribution in [1.82, 2.24) is 19.1 Å². The smallest absolute Gasteiger partial charge is 0.243 e. The van der Waals surface area contributed by atoms with Gasteiger partial charge < -0.3 is 4.57 Å². The third-order valence-corrected chi connectivity index (χ3v) is 7.23. The quantitative estimate of drug-likeness (QED) is 0.820. The Bertz CT molecular complexity index is 863. The van der Waals surface area contributed by atoms with Gasteiger partial charge in [-0.25, -0.2) is 8.42 Å². The first-order chi connectivity index (χ1) is 12.1. The molecule has 1 unspecified atom stereocenters. The van der Waals surface area contributed by atoms with Crippen molar-refractivity contribution in [2.45, 2.75) is 56.0 Å². The second-order valence-corrected chi connectivity index (χ2v) is 8.99. The fourth-order valence-corrected chi connectivity index (χ4v) is 5.56. The lowest BCUT2D eigenvalue weighted by Crippen LogP contribution is -2.32. The highest BCUT2D eigenvalue weighted by Gasteiger charge is 2.39. The van der Waals surface area contributed by atoms with Crippen molar-refractivity contribution in [2.24, 2.45) is 0 Å². The van der Waals surface area contributed by atoms with E-state index in [1.54, 1.807) is 28.6 Å². The van der Waals surface area contributed by atoms with E-state index in [4.69, 9.17) is 11.6 Å². The van der Waals surface area contributed by atoms with Gasteiger partial charge in [-0.05, 0) is 49.9 Å². The second-order valence-electron chi connectivity index (χ2n) is 6.66. The fourth-order valence-electron chi connectivity index (χ4n) is 3.78. The SMILES string of the molecule is O=S(=O)(c1ccc(Cl)cc1)N1CCCC1c1nnc2n1CCCCC2. The van der Waals surface area contributed by atoms with Crippen LogP contribution in [0.2, 0.25) is 5.02 Å². The molecule has 1 atom stereocenters. The zero-order valence-electron chi connectivity index (χ0n) is 13.9. The first-order valence-electron chi connectivity index (χ1n) is 8.77. The van der Waals surface area contributed by atoms with E-state index in [1.165, 1.54) is 6.42 Å². The van der Waals surface area contributed by atoms with Gasteiger partial charge in [-0.15, -0.1) is 10.2 Å². The molecule has 6 nitrogen and oxygen atoms in total. The van der Waals surface area contributed by atoms with Gasteiger partial charge in [-0.1, -0.05) is 18.0 Å². The maximum absolute atomic E-state index is 13.1. The summed E-state index contributed by atoms with van der Waals surface area (Å²) in [6.07, 6.45) is 5.93. The second kappa shape index (κ2) is 6.70. The molecule has 0 saturated carbocycles. The van der Waals surface area contributed by atoms with Crippen molar-refractivity contribution >= 4 is 21.6 Å². The molecule has 2 aliphatic rings. The number of hydrogen-bond acceptors (Lipinski definition) is 4. The zero-order chi connectivity index (χ0) is 17.4. The molecule has 3 heterocycles. The predicted octanol–water partition coefficient (Wildman–Crippen LogP) is 3.18. The number of rotatable bonds is 3. The molecule has 2 aromatic rings. The van der Waals surface area contributed by atoms with Crippen LogP contribution in [0.5, 0.6) is 0 Å². The Hall–Kier alpha value is -1.44. The van der Waals surface area contributed by atoms with Crippen molar-refractivity contribution in [3.8, 4) is 0 Å². The van der Waals surface area contributed by atoms with Gasteiger partial charge in [0.2, 0.25) is 10.0 Å². The van der Waals surface area contributed by atoms with Gasteiger partial charge in [0.1, 0.15) is 5.82 Å². The molecule has 0 radical (unpaired) electrons. The van der Waals surface area contributed by atoms with Gasteiger partial charge in [0, 0.05) is 24.5 Å². The summed E-state index contributed by atoms with van der Waals surface area (Å²) in [6, 6.07) is 6.13. The Morgan fingerprint density at radius 2 is 1.80 bits per heavy atom. The molecule has 134 valence electrons. The van der Waals surface area contributed by atoms with Gasteiger partial charge in [0.15, 0.2) is 5.82 Å². The topological polar surface area (TPSA) is 68.1 Å². The van der Waals surface area contributed by atoms with E-state index in [1.807, 2.05) is 0 Å². The van der Waals surface area contributed by atoms with Crippen LogP contribution in [0.1, 0.15) is 49.8 Å². The van der Waals surface area contributed by atoms with Crippen LogP contribution in [-0.4, -0.2) is 34.0 Å². The molecular formula is C17H21ClN4O2S. The summed E-state index contributed by atoms with van der Waals surface area (Å²) < 4.78 is 30.0. The molecule has 0 aliphatic carbocycles. The molecule has 1 aromatic heterocycles. The Labute approximate surface area is 152 Å². The van der Waals surface area contributed by atoms with Crippen molar-refractivity contribution in [3.05, 3.63) is 40.9 Å². The van der Waals surface area contributed by atoms with E-state index in [0.717, 1.165) is 50.3 Å². The number of aromatic nitrogens is 3. The third-order valence-electron chi connectivity index (χ3n) is 5.06. The van der Waals surface area contributed by atoms with Crippen LogP contribution >= 0.6 is 11.6 Å². The van der Waals surface area contributed by atoms with Crippen LogP contribution < -0.4 is 0 Å². The van der Waals surface area contributed by atoms with Crippen LogP contribution in [-0.2, 0) is 23.0 Å². The molecule has 25 heavy (non-hydrogen) atoms. The molecule has 1 aromatic carbocycles. The highest BCUT2D eigenvalue weighted by Crippen LogP contribution is 2.36. The van der Waals surface area contributed by atoms with Crippen LogP contribution in [0, 0.1) is 0 Å². The molecule has 8 heteroatoms. The Morgan fingerprint density at radius 3 is 2.60 bits per heavy atom. The summed E-state index contributed by atoms with van der Waals surface area (Å²) in [6.45, 7) is 1.39. The van der Waals surface area contributed by atoms with Gasteiger partial charge in [0.05, 0.1) is 10.9 Å². The first kappa shape index (κ1) is 17.0. The Kier molecular flexibility index (Phi) is 4.56. The summed E-state index contributed by atoms with van der Waals surface area (Å²) in [4.78, 5) is 0.277. The fraction of sp³-hybridized carbons (Fsp3) is 0.529. The molecule has 1 saturated heterocycles. The minimum atomic E-state index is -3.57. The van der Waals surface area contributed by atoms with Crippen LogP contribution in [0.15, 0.2) is 29.2 Å². The molecule has 0 amide bonds. The van der Waals surface area contributed by atoms with Gasteiger partial charge in [0.25, 0.3) is 0 Å². The number of sulfonamides is 1. The average Bonchev–Trinajstić information content (AvgIpc) is 3.17. The first-order valence-corrected chi connectivity index (χ1v) is 10.6. The number of fused-ring (bicyclic) bond motifs is 1. The lowest BCUT2D eigenvalue weighted by molar-refractivity contribution is 0.370. The summed E-state index contributed by atoms with van der Waals surface area (Å²) in [7, 11) is -3.57.